The number of methoxy groups -OCH3 is 1. The largest absolute Gasteiger partial charge is 0.379 e. The molecule has 0 radical (unpaired) electrons. The Bertz CT molecular complexity index is 330. The number of thiol groups is 1. The van der Waals surface area contributed by atoms with Gasteiger partial charge in [-0.05, 0) is 51.2 Å². The second kappa shape index (κ2) is 9.38. The summed E-state index contributed by atoms with van der Waals surface area (Å²) in [6.45, 7) is 8.42. The topological polar surface area (TPSA) is 26.3 Å². The second-order valence-electron chi connectivity index (χ2n) is 5.83. The van der Waals surface area contributed by atoms with Gasteiger partial charge in [-0.1, -0.05) is 31.9 Å². The number of rotatable bonds is 9. The molecule has 0 aliphatic carbocycles. The van der Waals surface area contributed by atoms with Crippen molar-refractivity contribution in [2.75, 3.05) is 7.11 Å². The fourth-order valence-corrected chi connectivity index (χ4v) is 2.03. The van der Waals surface area contributed by atoms with Crippen LogP contribution in [0.5, 0.6) is 0 Å². The summed E-state index contributed by atoms with van der Waals surface area (Å²) in [7, 11) is 1.77. The average Bonchev–Trinajstić information content (AvgIpc) is 2.27. The van der Waals surface area contributed by atoms with Gasteiger partial charge < -0.3 is 4.74 Å². The minimum atomic E-state index is -0.197. The quantitative estimate of drug-likeness (QED) is 0.381. The molecule has 0 aromatic carbocycles. The van der Waals surface area contributed by atoms with Gasteiger partial charge in [-0.25, -0.2) is 0 Å². The summed E-state index contributed by atoms with van der Waals surface area (Å²) in [5, 5.41) is -0.197. The molecule has 0 aliphatic heterocycles. The molecule has 110 valence electrons. The molecule has 0 fully saturated rings. The maximum absolute atomic E-state index is 10.8. The molecule has 0 spiro atoms. The molecule has 0 rings (SSSR count). The minimum Gasteiger partial charge on any atom is -0.379 e. The normalized spacial score (nSPS) is 14.9. The van der Waals surface area contributed by atoms with Gasteiger partial charge in [0, 0.05) is 7.11 Å². The van der Waals surface area contributed by atoms with Gasteiger partial charge in [0.1, 0.15) is 0 Å². The van der Waals surface area contributed by atoms with E-state index in [9.17, 15) is 4.79 Å². The van der Waals surface area contributed by atoms with E-state index in [0.29, 0.717) is 5.92 Å². The Kier molecular flexibility index (Phi) is 9.11. The van der Waals surface area contributed by atoms with Crippen LogP contribution in [0.3, 0.4) is 0 Å². The summed E-state index contributed by atoms with van der Waals surface area (Å²) in [6, 6.07) is 0. The van der Waals surface area contributed by atoms with E-state index < -0.39 is 0 Å². The Morgan fingerprint density at radius 3 is 2.58 bits per heavy atom. The summed E-state index contributed by atoms with van der Waals surface area (Å²) in [4.78, 5) is 10.8. The number of allylic oxidation sites excluding steroid dienone is 3. The van der Waals surface area contributed by atoms with Crippen molar-refractivity contribution >= 4 is 17.7 Å². The van der Waals surface area contributed by atoms with Gasteiger partial charge in [0.2, 0.25) is 5.12 Å². The van der Waals surface area contributed by atoms with Crippen LogP contribution in [0.4, 0.5) is 0 Å². The summed E-state index contributed by atoms with van der Waals surface area (Å²) < 4.78 is 5.41. The van der Waals surface area contributed by atoms with Crippen molar-refractivity contribution in [1.29, 1.82) is 0 Å². The summed E-state index contributed by atoms with van der Waals surface area (Å²) in [5.74, 6) is 0.656. The van der Waals surface area contributed by atoms with Gasteiger partial charge >= 0.3 is 0 Å². The maximum Gasteiger partial charge on any atom is 0.209 e. The van der Waals surface area contributed by atoms with Gasteiger partial charge in [0.25, 0.3) is 0 Å². The van der Waals surface area contributed by atoms with E-state index >= 15 is 0 Å². The van der Waals surface area contributed by atoms with Crippen molar-refractivity contribution in [3.63, 3.8) is 0 Å². The second-order valence-corrected chi connectivity index (χ2v) is 6.27. The van der Waals surface area contributed by atoms with Gasteiger partial charge in [-0.3, -0.25) is 4.79 Å². The van der Waals surface area contributed by atoms with Crippen LogP contribution >= 0.6 is 12.6 Å². The van der Waals surface area contributed by atoms with E-state index in [0.717, 1.165) is 18.4 Å². The van der Waals surface area contributed by atoms with E-state index in [2.05, 4.69) is 39.5 Å². The molecule has 0 aromatic rings. The molecule has 0 aromatic heterocycles. The van der Waals surface area contributed by atoms with Crippen LogP contribution in [0.15, 0.2) is 23.8 Å². The molecule has 2 nitrogen and oxygen atoms in total. The van der Waals surface area contributed by atoms with Crippen molar-refractivity contribution in [3.05, 3.63) is 23.8 Å². The first kappa shape index (κ1) is 18.5. The smallest absolute Gasteiger partial charge is 0.209 e. The highest BCUT2D eigenvalue weighted by Gasteiger charge is 2.15. The van der Waals surface area contributed by atoms with Crippen LogP contribution in [-0.2, 0) is 9.53 Å². The first-order valence-electron chi connectivity index (χ1n) is 6.90. The van der Waals surface area contributed by atoms with E-state index in [1.54, 1.807) is 7.11 Å². The Morgan fingerprint density at radius 1 is 1.42 bits per heavy atom. The maximum atomic E-state index is 10.8. The number of ether oxygens (including phenoxy) is 1. The van der Waals surface area contributed by atoms with Crippen molar-refractivity contribution in [1.82, 2.24) is 0 Å². The van der Waals surface area contributed by atoms with E-state index in [-0.39, 0.29) is 10.7 Å². The lowest BCUT2D eigenvalue weighted by molar-refractivity contribution is -0.106. The lowest BCUT2D eigenvalue weighted by atomic mass is 9.95. The molecule has 0 saturated carbocycles. The molecule has 0 saturated heterocycles. The molecule has 0 heterocycles. The van der Waals surface area contributed by atoms with Crippen LogP contribution in [0.25, 0.3) is 0 Å². The third-order valence-electron chi connectivity index (χ3n) is 3.30. The summed E-state index contributed by atoms with van der Waals surface area (Å²) in [6.07, 6.45) is 10.2. The molecular weight excluding hydrogens is 256 g/mol. The lowest BCUT2D eigenvalue weighted by Gasteiger charge is -2.23. The molecule has 0 aliphatic rings. The van der Waals surface area contributed by atoms with E-state index in [1.165, 1.54) is 18.9 Å². The first-order chi connectivity index (χ1) is 8.76. The highest BCUT2D eigenvalue weighted by Crippen LogP contribution is 2.20. The molecule has 0 bridgehead atoms. The predicted molar refractivity (Wildman–Crippen MR) is 85.6 cm³/mol. The van der Waals surface area contributed by atoms with Crippen molar-refractivity contribution in [2.24, 2.45) is 5.92 Å². The zero-order valence-electron chi connectivity index (χ0n) is 12.9. The number of hydrogen-bond acceptors (Lipinski definition) is 2. The SMILES string of the molecule is COC(C)(C)CCCC(C)C/C=C/C(C)=C/C(=O)S. The third-order valence-corrected chi connectivity index (χ3v) is 3.43. The van der Waals surface area contributed by atoms with Crippen molar-refractivity contribution in [3.8, 4) is 0 Å². The van der Waals surface area contributed by atoms with Gasteiger partial charge in [0.05, 0.1) is 5.60 Å². The molecule has 1 atom stereocenters. The molecule has 19 heavy (non-hydrogen) atoms. The number of hydrogen-bond donors (Lipinski definition) is 1. The van der Waals surface area contributed by atoms with Crippen molar-refractivity contribution < 1.29 is 9.53 Å². The molecule has 3 heteroatoms. The van der Waals surface area contributed by atoms with E-state index in [4.69, 9.17) is 4.74 Å². The Hall–Kier alpha value is -0.540. The standard InChI is InChI=1S/C16H28O2S/c1-13(10-7-11-16(3,4)18-5)8-6-9-14(2)12-15(17)19/h6,9,12-13H,7-8,10-11H2,1-5H3,(H,17,19)/b9-6+,14-12+. The van der Waals surface area contributed by atoms with E-state index in [1.807, 2.05) is 13.0 Å². The third kappa shape index (κ3) is 11.0. The lowest BCUT2D eigenvalue weighted by Crippen LogP contribution is -2.22. The van der Waals surface area contributed by atoms with Crippen LogP contribution in [0.2, 0.25) is 0 Å². The molecular formula is C16H28O2S. The van der Waals surface area contributed by atoms with Crippen LogP contribution in [0, 0.1) is 5.92 Å². The zero-order chi connectivity index (χ0) is 14.9. The highest BCUT2D eigenvalue weighted by atomic mass is 32.1. The van der Waals surface area contributed by atoms with Crippen molar-refractivity contribution in [2.45, 2.75) is 59.0 Å². The Labute approximate surface area is 123 Å². The summed E-state index contributed by atoms with van der Waals surface area (Å²) in [5.41, 5.74) is 0.940. The fraction of sp³-hybridized carbons (Fsp3) is 0.688. The van der Waals surface area contributed by atoms with Gasteiger partial charge in [-0.2, -0.15) is 0 Å². The number of carbonyl (C=O) groups is 1. The predicted octanol–water partition coefficient (Wildman–Crippen LogP) is 4.57. The monoisotopic (exact) mass is 284 g/mol. The van der Waals surface area contributed by atoms with Gasteiger partial charge in [0.15, 0.2) is 0 Å². The fourth-order valence-electron chi connectivity index (χ4n) is 1.83. The Balaban J connectivity index is 3.91. The van der Waals surface area contributed by atoms with Crippen LogP contribution in [-0.4, -0.2) is 17.8 Å². The Morgan fingerprint density at radius 2 is 2.05 bits per heavy atom. The molecule has 1 unspecified atom stereocenters. The molecule has 0 amide bonds. The van der Waals surface area contributed by atoms with Crippen LogP contribution < -0.4 is 0 Å². The first-order valence-corrected chi connectivity index (χ1v) is 7.34. The highest BCUT2D eigenvalue weighted by molar-refractivity contribution is 7.97. The molecule has 0 N–H and O–H groups in total. The average molecular weight is 284 g/mol. The van der Waals surface area contributed by atoms with Gasteiger partial charge in [-0.15, -0.1) is 12.6 Å². The number of carbonyl (C=O) groups excluding carboxylic acids is 1. The van der Waals surface area contributed by atoms with Crippen LogP contribution in [0.1, 0.15) is 53.4 Å². The minimum absolute atomic E-state index is 0.0121. The summed E-state index contributed by atoms with van der Waals surface area (Å²) >= 11 is 3.72. The zero-order valence-corrected chi connectivity index (χ0v) is 13.8.